The maximum atomic E-state index is 12.8. The van der Waals surface area contributed by atoms with E-state index < -0.39 is 0 Å². The van der Waals surface area contributed by atoms with E-state index in [1.165, 1.54) is 18.2 Å². The third-order valence-electron chi connectivity index (χ3n) is 5.58. The zero-order chi connectivity index (χ0) is 19.3. The van der Waals surface area contributed by atoms with Crippen LogP contribution in [-0.4, -0.2) is 44.2 Å². The molecule has 3 heterocycles. The van der Waals surface area contributed by atoms with E-state index in [1.807, 2.05) is 17.0 Å². The third-order valence-corrected chi connectivity index (χ3v) is 6.58. The van der Waals surface area contributed by atoms with Gasteiger partial charge in [-0.25, -0.2) is 4.79 Å². The number of carbonyl (C=O) groups excluding carboxylic acids is 1. The van der Waals surface area contributed by atoms with Gasteiger partial charge in [-0.15, -0.1) is 0 Å². The van der Waals surface area contributed by atoms with Crippen LogP contribution in [0.5, 0.6) is 0 Å². The van der Waals surface area contributed by atoms with Gasteiger partial charge >= 0.3 is 5.69 Å². The van der Waals surface area contributed by atoms with Crippen molar-refractivity contribution in [3.63, 3.8) is 0 Å². The van der Waals surface area contributed by atoms with E-state index in [2.05, 4.69) is 9.97 Å². The fourth-order valence-corrected chi connectivity index (χ4v) is 5.05. The second kappa shape index (κ2) is 8.90. The van der Waals surface area contributed by atoms with Crippen LogP contribution in [0, 0.1) is 0 Å². The average molecular weight is 399 g/mol. The molecule has 148 valence electrons. The van der Waals surface area contributed by atoms with Gasteiger partial charge in [-0.1, -0.05) is 11.8 Å². The number of carbonyl (C=O) groups is 1. The Labute approximate surface area is 169 Å². The minimum Gasteiger partial charge on any atom is -0.342 e. The van der Waals surface area contributed by atoms with Crippen molar-refractivity contribution in [1.82, 2.24) is 19.4 Å². The first kappa shape index (κ1) is 19.2. The number of aromatic nitrogens is 3. The maximum Gasteiger partial charge on any atom is 0.349 e. The van der Waals surface area contributed by atoms with E-state index in [-0.39, 0.29) is 11.6 Å². The summed E-state index contributed by atoms with van der Waals surface area (Å²) < 4.78 is 1.81. The molecule has 7 heteroatoms. The lowest BCUT2D eigenvalue weighted by Crippen LogP contribution is -2.37. The van der Waals surface area contributed by atoms with Crippen LogP contribution >= 0.6 is 11.8 Å². The first-order chi connectivity index (χ1) is 13.7. The van der Waals surface area contributed by atoms with Gasteiger partial charge in [-0.3, -0.25) is 14.3 Å². The van der Waals surface area contributed by atoms with Crippen LogP contribution < -0.4 is 5.69 Å². The predicted molar refractivity (Wildman–Crippen MR) is 110 cm³/mol. The lowest BCUT2D eigenvalue weighted by Gasteiger charge is -2.27. The van der Waals surface area contributed by atoms with E-state index in [0.29, 0.717) is 12.3 Å². The van der Waals surface area contributed by atoms with E-state index in [1.54, 1.807) is 17.0 Å². The van der Waals surface area contributed by atoms with E-state index in [0.717, 1.165) is 73.5 Å². The molecule has 4 rings (SSSR count). The minimum absolute atomic E-state index is 0.164. The van der Waals surface area contributed by atoms with Gasteiger partial charge in [0.1, 0.15) is 5.03 Å². The summed E-state index contributed by atoms with van der Waals surface area (Å²) in [7, 11) is 0. The number of amides is 1. The zero-order valence-corrected chi connectivity index (χ0v) is 16.9. The second-order valence-electron chi connectivity index (χ2n) is 7.50. The Bertz CT molecular complexity index is 891. The second-order valence-corrected chi connectivity index (χ2v) is 8.47. The summed E-state index contributed by atoms with van der Waals surface area (Å²) in [4.78, 5) is 35.7. The number of hydrogen-bond acceptors (Lipinski definition) is 5. The zero-order valence-electron chi connectivity index (χ0n) is 16.1. The average Bonchev–Trinajstić information content (AvgIpc) is 2.75. The quantitative estimate of drug-likeness (QED) is 0.572. The normalized spacial score (nSPS) is 16.6. The summed E-state index contributed by atoms with van der Waals surface area (Å²) in [6, 6.07) is 3.86. The molecule has 0 radical (unpaired) electrons. The molecule has 0 N–H and O–H groups in total. The Balaban J connectivity index is 1.56. The highest BCUT2D eigenvalue weighted by Crippen LogP contribution is 2.29. The number of nitrogens with zero attached hydrogens (tertiary/aromatic N) is 4. The molecule has 0 bridgehead atoms. The molecule has 1 saturated heterocycles. The summed E-state index contributed by atoms with van der Waals surface area (Å²) >= 11 is 1.44. The topological polar surface area (TPSA) is 68.1 Å². The molecule has 2 aliphatic rings. The molecule has 1 fully saturated rings. The molecule has 0 spiro atoms. The first-order valence-corrected chi connectivity index (χ1v) is 11.1. The molecule has 6 nitrogen and oxygen atoms in total. The fraction of sp³-hybridized carbons (Fsp3) is 0.524. The first-order valence-electron chi connectivity index (χ1n) is 10.1. The number of rotatable bonds is 5. The molecular formula is C21H26N4O2S. The van der Waals surface area contributed by atoms with E-state index in [4.69, 9.17) is 0 Å². The number of thioether (sulfide) groups is 1. The molecule has 0 unspecified atom stereocenters. The number of piperidine rings is 1. The molecule has 0 aromatic carbocycles. The number of hydrogen-bond donors (Lipinski definition) is 0. The highest BCUT2D eigenvalue weighted by molar-refractivity contribution is 7.99. The van der Waals surface area contributed by atoms with Crippen LogP contribution in [0.3, 0.4) is 0 Å². The van der Waals surface area contributed by atoms with Gasteiger partial charge < -0.3 is 4.90 Å². The van der Waals surface area contributed by atoms with Crippen LogP contribution in [0.25, 0.3) is 0 Å². The summed E-state index contributed by atoms with van der Waals surface area (Å²) in [6.45, 7) is 2.24. The van der Waals surface area contributed by atoms with Gasteiger partial charge in [0.25, 0.3) is 0 Å². The molecular weight excluding hydrogens is 372 g/mol. The van der Waals surface area contributed by atoms with Crippen molar-refractivity contribution in [3.8, 4) is 0 Å². The molecule has 0 atom stereocenters. The van der Waals surface area contributed by atoms with Crippen molar-refractivity contribution in [2.45, 2.75) is 56.5 Å². The van der Waals surface area contributed by atoms with E-state index >= 15 is 0 Å². The summed E-state index contributed by atoms with van der Waals surface area (Å²) in [5.41, 5.74) is 3.09. The van der Waals surface area contributed by atoms with Crippen molar-refractivity contribution in [2.75, 3.05) is 18.8 Å². The maximum absolute atomic E-state index is 12.8. The molecule has 0 saturated carbocycles. The van der Waals surface area contributed by atoms with Gasteiger partial charge in [-0.2, -0.15) is 4.98 Å². The van der Waals surface area contributed by atoms with Crippen LogP contribution in [-0.2, 0) is 24.2 Å². The van der Waals surface area contributed by atoms with Gasteiger partial charge in [0.05, 0.1) is 12.3 Å². The van der Waals surface area contributed by atoms with Gasteiger partial charge in [0.2, 0.25) is 5.91 Å². The van der Waals surface area contributed by atoms with Gasteiger partial charge in [-0.05, 0) is 62.6 Å². The number of pyridine rings is 1. The lowest BCUT2D eigenvalue weighted by atomic mass is 9.97. The van der Waals surface area contributed by atoms with Crippen molar-refractivity contribution in [1.29, 1.82) is 0 Å². The van der Waals surface area contributed by atoms with Crippen LogP contribution in [0.1, 0.15) is 48.9 Å². The molecule has 2 aromatic rings. The summed E-state index contributed by atoms with van der Waals surface area (Å²) in [5, 5.41) is 0.760. The minimum atomic E-state index is -0.217. The molecule has 2 aromatic heterocycles. The molecule has 1 aliphatic heterocycles. The van der Waals surface area contributed by atoms with Gasteiger partial charge in [0, 0.05) is 36.7 Å². The summed E-state index contributed by atoms with van der Waals surface area (Å²) in [5.74, 6) is 0.532. The highest BCUT2D eigenvalue weighted by atomic mass is 32.2. The van der Waals surface area contributed by atoms with Crippen LogP contribution in [0.4, 0.5) is 0 Å². The van der Waals surface area contributed by atoms with Crippen molar-refractivity contribution in [3.05, 3.63) is 51.8 Å². The van der Waals surface area contributed by atoms with E-state index in [9.17, 15) is 9.59 Å². The van der Waals surface area contributed by atoms with Crippen LogP contribution in [0.15, 0.2) is 34.3 Å². The fourth-order valence-electron chi connectivity index (χ4n) is 4.07. The predicted octanol–water partition coefficient (Wildman–Crippen LogP) is 2.67. The van der Waals surface area contributed by atoms with Crippen LogP contribution in [0.2, 0.25) is 0 Å². The van der Waals surface area contributed by atoms with Gasteiger partial charge in [0.15, 0.2) is 0 Å². The monoisotopic (exact) mass is 398 g/mol. The molecule has 1 amide bonds. The number of fused-ring (bicyclic) bond motifs is 1. The Morgan fingerprint density at radius 2 is 1.79 bits per heavy atom. The smallest absolute Gasteiger partial charge is 0.342 e. The lowest BCUT2D eigenvalue weighted by molar-refractivity contribution is -0.129. The third kappa shape index (κ3) is 4.29. The Morgan fingerprint density at radius 3 is 2.57 bits per heavy atom. The largest absolute Gasteiger partial charge is 0.349 e. The number of likely N-dealkylation sites (tertiary alicyclic amines) is 1. The Hall–Kier alpha value is -2.15. The standard InChI is InChI=1S/C21H26N4O2S/c26-19(24-12-4-1-5-13-24)15-28-20-17-6-2-3-7-18(17)25(21(27)23-20)14-16-8-10-22-11-9-16/h8-11H,1-7,12-15H2. The Kier molecular flexibility index (Phi) is 6.10. The SMILES string of the molecule is O=C(CSc1nc(=O)n(Cc2ccncc2)c2c1CCCC2)N1CCCCC1. The molecule has 1 aliphatic carbocycles. The van der Waals surface area contributed by atoms with Crippen molar-refractivity contribution >= 4 is 17.7 Å². The molecule has 28 heavy (non-hydrogen) atoms. The highest BCUT2D eigenvalue weighted by Gasteiger charge is 2.22. The van der Waals surface area contributed by atoms with Crippen molar-refractivity contribution in [2.24, 2.45) is 0 Å². The Morgan fingerprint density at radius 1 is 1.04 bits per heavy atom. The van der Waals surface area contributed by atoms with Crippen molar-refractivity contribution < 1.29 is 4.79 Å². The summed E-state index contributed by atoms with van der Waals surface area (Å²) in [6.07, 6.45) is 10.9.